The van der Waals surface area contributed by atoms with Crippen molar-refractivity contribution in [2.75, 3.05) is 13.7 Å². The molecule has 0 radical (unpaired) electrons. The topological polar surface area (TPSA) is 38.3 Å². The zero-order valence-electron chi connectivity index (χ0n) is 7.13. The molecule has 1 aliphatic heterocycles. The van der Waals surface area contributed by atoms with Crippen LogP contribution in [-0.4, -0.2) is 25.2 Å². The minimum absolute atomic E-state index is 0. The van der Waals surface area contributed by atoms with Gasteiger partial charge in [0, 0.05) is 5.54 Å². The summed E-state index contributed by atoms with van der Waals surface area (Å²) in [6, 6.07) is 0. The molecule has 0 amide bonds. The predicted octanol–water partition coefficient (Wildman–Crippen LogP) is 0.723. The average Bonchev–Trinajstić information content (AvgIpc) is 2.63. The predicted molar refractivity (Wildman–Crippen MR) is 47.3 cm³/mol. The van der Waals surface area contributed by atoms with E-state index in [2.05, 4.69) is 5.32 Å². The van der Waals surface area contributed by atoms with Crippen molar-refractivity contribution < 1.29 is 9.53 Å². The quantitative estimate of drug-likeness (QED) is 0.621. The number of ether oxygens (including phenoxy) is 1. The molecular formula is C8H14ClNO2. The molecule has 70 valence electrons. The Balaban J connectivity index is 0.000000720. The summed E-state index contributed by atoms with van der Waals surface area (Å²) in [5.74, 6) is 0.0972. The van der Waals surface area contributed by atoms with Crippen molar-refractivity contribution in [2.45, 2.75) is 24.8 Å². The van der Waals surface area contributed by atoms with Crippen LogP contribution < -0.4 is 5.32 Å². The van der Waals surface area contributed by atoms with Crippen molar-refractivity contribution in [2.24, 2.45) is 5.92 Å². The van der Waals surface area contributed by atoms with Crippen molar-refractivity contribution in [1.82, 2.24) is 5.32 Å². The number of esters is 1. The van der Waals surface area contributed by atoms with Crippen LogP contribution in [0.1, 0.15) is 19.3 Å². The van der Waals surface area contributed by atoms with E-state index in [1.165, 1.54) is 7.11 Å². The van der Waals surface area contributed by atoms with E-state index >= 15 is 0 Å². The highest BCUT2D eigenvalue weighted by Crippen LogP contribution is 2.47. The van der Waals surface area contributed by atoms with Crippen LogP contribution in [0.25, 0.3) is 0 Å². The summed E-state index contributed by atoms with van der Waals surface area (Å²) in [5.41, 5.74) is 0.160. The maximum Gasteiger partial charge on any atom is 0.310 e. The maximum absolute atomic E-state index is 11.2. The third-order valence-electron chi connectivity index (χ3n) is 2.85. The van der Waals surface area contributed by atoms with E-state index in [4.69, 9.17) is 4.74 Å². The standard InChI is InChI=1S/C8H13NO2.ClH/c1-11-7(10)6-2-5-9-8(6)3-4-8;/h6,9H,2-5H2,1H3;1H. The van der Waals surface area contributed by atoms with Crippen molar-refractivity contribution >= 4 is 18.4 Å². The normalized spacial score (nSPS) is 29.6. The van der Waals surface area contributed by atoms with Crippen molar-refractivity contribution in [3.05, 3.63) is 0 Å². The summed E-state index contributed by atoms with van der Waals surface area (Å²) in [5, 5.41) is 3.37. The SMILES string of the molecule is COC(=O)C1CCNC12CC2.Cl. The van der Waals surface area contributed by atoms with Gasteiger partial charge in [-0.2, -0.15) is 0 Å². The number of carbonyl (C=O) groups is 1. The summed E-state index contributed by atoms with van der Waals surface area (Å²) in [6.07, 6.45) is 3.24. The molecule has 2 aliphatic rings. The Morgan fingerprint density at radius 2 is 2.25 bits per heavy atom. The van der Waals surface area contributed by atoms with E-state index in [-0.39, 0.29) is 29.8 Å². The third kappa shape index (κ3) is 1.31. The Morgan fingerprint density at radius 1 is 1.58 bits per heavy atom. The van der Waals surface area contributed by atoms with E-state index in [1.54, 1.807) is 0 Å². The number of carbonyl (C=O) groups excluding carboxylic acids is 1. The van der Waals surface area contributed by atoms with Crippen LogP contribution in [0.3, 0.4) is 0 Å². The van der Waals surface area contributed by atoms with Crippen LogP contribution in [0.5, 0.6) is 0 Å². The van der Waals surface area contributed by atoms with E-state index in [1.807, 2.05) is 0 Å². The molecular weight excluding hydrogens is 178 g/mol. The van der Waals surface area contributed by atoms with Crippen LogP contribution in [0.2, 0.25) is 0 Å². The molecule has 1 unspecified atom stereocenters. The zero-order chi connectivity index (χ0) is 7.90. The number of hydrogen-bond acceptors (Lipinski definition) is 3. The van der Waals surface area contributed by atoms with Crippen LogP contribution in [0.4, 0.5) is 0 Å². The monoisotopic (exact) mass is 191 g/mol. The van der Waals surface area contributed by atoms with E-state index in [0.29, 0.717) is 0 Å². The van der Waals surface area contributed by atoms with Crippen LogP contribution in [0.15, 0.2) is 0 Å². The van der Waals surface area contributed by atoms with Gasteiger partial charge in [-0.1, -0.05) is 0 Å². The molecule has 12 heavy (non-hydrogen) atoms. The Bertz CT molecular complexity index is 191. The lowest BCUT2D eigenvalue weighted by molar-refractivity contribution is -0.146. The largest absolute Gasteiger partial charge is 0.469 e. The second-order valence-electron chi connectivity index (χ2n) is 3.45. The lowest BCUT2D eigenvalue weighted by Gasteiger charge is -2.14. The first-order valence-electron chi connectivity index (χ1n) is 4.11. The second-order valence-corrected chi connectivity index (χ2v) is 3.45. The van der Waals surface area contributed by atoms with Gasteiger partial charge in [-0.05, 0) is 25.8 Å². The van der Waals surface area contributed by atoms with Crippen LogP contribution in [-0.2, 0) is 9.53 Å². The summed E-state index contributed by atoms with van der Waals surface area (Å²) in [6.45, 7) is 0.972. The lowest BCUT2D eigenvalue weighted by Crippen LogP contribution is -2.34. The Labute approximate surface area is 78.3 Å². The van der Waals surface area contributed by atoms with Gasteiger partial charge in [0.2, 0.25) is 0 Å². The molecule has 1 spiro atoms. The Kier molecular flexibility index (Phi) is 2.64. The molecule has 0 bridgehead atoms. The molecule has 0 aromatic heterocycles. The summed E-state index contributed by atoms with van der Waals surface area (Å²) in [4.78, 5) is 11.2. The Morgan fingerprint density at radius 3 is 2.75 bits per heavy atom. The first-order valence-corrected chi connectivity index (χ1v) is 4.11. The van der Waals surface area contributed by atoms with Crippen molar-refractivity contribution in [3.63, 3.8) is 0 Å². The highest BCUT2D eigenvalue weighted by atomic mass is 35.5. The number of methoxy groups -OCH3 is 1. The highest BCUT2D eigenvalue weighted by molar-refractivity contribution is 5.85. The second kappa shape index (κ2) is 3.23. The summed E-state index contributed by atoms with van der Waals surface area (Å²) in [7, 11) is 1.47. The van der Waals surface area contributed by atoms with Gasteiger partial charge >= 0.3 is 5.97 Å². The minimum atomic E-state index is -0.0347. The number of halogens is 1. The number of nitrogens with one attached hydrogen (secondary N) is 1. The maximum atomic E-state index is 11.2. The van der Waals surface area contributed by atoms with Crippen LogP contribution >= 0.6 is 12.4 Å². The molecule has 0 aromatic rings. The molecule has 1 heterocycles. The fraction of sp³-hybridized carbons (Fsp3) is 0.875. The first kappa shape index (κ1) is 9.81. The first-order chi connectivity index (χ1) is 5.28. The van der Waals surface area contributed by atoms with Crippen molar-refractivity contribution in [1.29, 1.82) is 0 Å². The summed E-state index contributed by atoms with van der Waals surface area (Å²) >= 11 is 0. The molecule has 1 saturated carbocycles. The molecule has 4 heteroatoms. The highest BCUT2D eigenvalue weighted by Gasteiger charge is 2.55. The van der Waals surface area contributed by atoms with Gasteiger partial charge in [-0.15, -0.1) is 12.4 Å². The minimum Gasteiger partial charge on any atom is -0.469 e. The van der Waals surface area contributed by atoms with Gasteiger partial charge in [-0.25, -0.2) is 0 Å². The number of rotatable bonds is 1. The number of hydrogen-bond donors (Lipinski definition) is 1. The smallest absolute Gasteiger partial charge is 0.310 e. The van der Waals surface area contributed by atoms with E-state index in [9.17, 15) is 4.79 Å². The molecule has 1 N–H and O–H groups in total. The van der Waals surface area contributed by atoms with Gasteiger partial charge in [0.05, 0.1) is 13.0 Å². The molecule has 1 atom stereocenters. The lowest BCUT2D eigenvalue weighted by atomic mass is 9.99. The van der Waals surface area contributed by atoms with Gasteiger partial charge < -0.3 is 10.1 Å². The van der Waals surface area contributed by atoms with Gasteiger partial charge in [-0.3, -0.25) is 4.79 Å². The molecule has 3 nitrogen and oxygen atoms in total. The molecule has 0 aromatic carbocycles. The molecule has 2 fully saturated rings. The average molecular weight is 192 g/mol. The molecule has 1 aliphatic carbocycles. The fourth-order valence-electron chi connectivity index (χ4n) is 2.01. The Hall–Kier alpha value is -0.280. The van der Waals surface area contributed by atoms with Crippen molar-refractivity contribution in [3.8, 4) is 0 Å². The molecule has 1 saturated heterocycles. The van der Waals surface area contributed by atoms with E-state index in [0.717, 1.165) is 25.8 Å². The van der Waals surface area contributed by atoms with Crippen LogP contribution in [0, 0.1) is 5.92 Å². The van der Waals surface area contributed by atoms with E-state index < -0.39 is 0 Å². The fourth-order valence-corrected chi connectivity index (χ4v) is 2.01. The van der Waals surface area contributed by atoms with Gasteiger partial charge in [0.15, 0.2) is 0 Å². The third-order valence-corrected chi connectivity index (χ3v) is 2.85. The summed E-state index contributed by atoms with van der Waals surface area (Å²) < 4.78 is 4.73. The zero-order valence-corrected chi connectivity index (χ0v) is 7.95. The van der Waals surface area contributed by atoms with Gasteiger partial charge in [0.1, 0.15) is 0 Å². The van der Waals surface area contributed by atoms with Gasteiger partial charge in [0.25, 0.3) is 0 Å². The molecule has 2 rings (SSSR count).